The van der Waals surface area contributed by atoms with E-state index in [0.717, 1.165) is 36.9 Å². The standard InChI is InChI=1S/C18H20N4O2S/c1-11-17(24)22(12-7-3-2-4-8-12)18(25-11)21-20-15-13-9-5-6-10-14(13)19-16(15)23/h5-6,9-12H,2-4,7-8H2,1H3,(H,19,20,23)/b21-18+. The zero-order valence-corrected chi connectivity index (χ0v) is 14.9. The minimum absolute atomic E-state index is 0.104. The van der Waals surface area contributed by atoms with E-state index in [1.807, 2.05) is 36.1 Å². The summed E-state index contributed by atoms with van der Waals surface area (Å²) in [5, 5.41) is 11.8. The SMILES string of the molecule is CC1S/C(=N/N=C2\C(=O)Nc3ccccc32)N(C2CCCCC2)C1=O. The summed E-state index contributed by atoms with van der Waals surface area (Å²) in [5.41, 5.74) is 1.81. The Kier molecular flexibility index (Phi) is 4.33. The lowest BCUT2D eigenvalue weighted by atomic mass is 9.94. The molecular weight excluding hydrogens is 336 g/mol. The summed E-state index contributed by atoms with van der Waals surface area (Å²) in [7, 11) is 0. The molecule has 2 amide bonds. The molecule has 1 aromatic rings. The van der Waals surface area contributed by atoms with E-state index >= 15 is 0 Å². The van der Waals surface area contributed by atoms with Crippen LogP contribution in [0.15, 0.2) is 34.5 Å². The molecule has 7 heteroatoms. The van der Waals surface area contributed by atoms with Crippen LogP contribution in [0.25, 0.3) is 0 Å². The zero-order valence-electron chi connectivity index (χ0n) is 14.1. The number of amidine groups is 1. The van der Waals surface area contributed by atoms with Crippen LogP contribution < -0.4 is 5.32 Å². The number of anilines is 1. The quantitative estimate of drug-likeness (QED) is 0.828. The maximum Gasteiger partial charge on any atom is 0.276 e. The highest BCUT2D eigenvalue weighted by Gasteiger charge is 2.40. The van der Waals surface area contributed by atoms with Crippen LogP contribution in [-0.4, -0.2) is 38.9 Å². The Balaban J connectivity index is 1.65. The number of benzene rings is 1. The Hall–Kier alpha value is -2.15. The van der Waals surface area contributed by atoms with Crippen molar-refractivity contribution in [1.82, 2.24) is 4.90 Å². The highest BCUT2D eigenvalue weighted by molar-refractivity contribution is 8.15. The van der Waals surface area contributed by atoms with Crippen LogP contribution in [0.3, 0.4) is 0 Å². The lowest BCUT2D eigenvalue weighted by molar-refractivity contribution is -0.127. The third-order valence-corrected chi connectivity index (χ3v) is 5.94. The average molecular weight is 356 g/mol. The van der Waals surface area contributed by atoms with Crippen LogP contribution >= 0.6 is 11.8 Å². The summed E-state index contributed by atoms with van der Waals surface area (Å²) in [6, 6.07) is 7.63. The number of hydrogen-bond acceptors (Lipinski definition) is 5. The molecule has 1 aliphatic carbocycles. The van der Waals surface area contributed by atoms with E-state index in [1.165, 1.54) is 18.2 Å². The van der Waals surface area contributed by atoms with Crippen molar-refractivity contribution in [2.45, 2.75) is 50.3 Å². The summed E-state index contributed by atoms with van der Waals surface area (Å²) < 4.78 is 0. The predicted molar refractivity (Wildman–Crippen MR) is 99.8 cm³/mol. The highest BCUT2D eigenvalue weighted by Crippen LogP contribution is 2.34. The fraction of sp³-hybridized carbons (Fsp3) is 0.444. The molecule has 0 bridgehead atoms. The molecule has 1 saturated carbocycles. The van der Waals surface area contributed by atoms with Crippen molar-refractivity contribution in [1.29, 1.82) is 0 Å². The number of rotatable bonds is 2. The van der Waals surface area contributed by atoms with Gasteiger partial charge >= 0.3 is 0 Å². The number of thioether (sulfide) groups is 1. The largest absolute Gasteiger partial charge is 0.320 e. The Labute approximate surface area is 150 Å². The van der Waals surface area contributed by atoms with Gasteiger partial charge in [0.05, 0.1) is 10.9 Å². The Morgan fingerprint density at radius 2 is 1.88 bits per heavy atom. The van der Waals surface area contributed by atoms with Gasteiger partial charge in [0.25, 0.3) is 5.91 Å². The molecule has 1 unspecified atom stereocenters. The van der Waals surface area contributed by atoms with Gasteiger partial charge in [0, 0.05) is 11.6 Å². The molecule has 4 rings (SSSR count). The van der Waals surface area contributed by atoms with Crippen LogP contribution in [0, 0.1) is 0 Å². The minimum Gasteiger partial charge on any atom is -0.320 e. The molecule has 0 spiro atoms. The van der Waals surface area contributed by atoms with Gasteiger partial charge in [0.1, 0.15) is 0 Å². The van der Waals surface area contributed by atoms with Crippen molar-refractivity contribution in [3.05, 3.63) is 29.8 Å². The number of carbonyl (C=O) groups excluding carboxylic acids is 2. The van der Waals surface area contributed by atoms with Crippen molar-refractivity contribution >= 4 is 40.1 Å². The monoisotopic (exact) mass is 356 g/mol. The molecule has 1 atom stereocenters. The van der Waals surface area contributed by atoms with Crippen LogP contribution in [0.4, 0.5) is 5.69 Å². The van der Waals surface area contributed by atoms with E-state index in [-0.39, 0.29) is 23.1 Å². The van der Waals surface area contributed by atoms with E-state index in [9.17, 15) is 9.59 Å². The topological polar surface area (TPSA) is 74.1 Å². The molecule has 2 fully saturated rings. The molecule has 1 aromatic carbocycles. The van der Waals surface area contributed by atoms with E-state index in [1.54, 1.807) is 0 Å². The van der Waals surface area contributed by atoms with Crippen molar-refractivity contribution in [3.63, 3.8) is 0 Å². The number of nitrogens with zero attached hydrogens (tertiary/aromatic N) is 3. The Bertz CT molecular complexity index is 783. The molecule has 3 aliphatic rings. The number of amides is 2. The van der Waals surface area contributed by atoms with Crippen LogP contribution in [0.5, 0.6) is 0 Å². The minimum atomic E-state index is -0.253. The first-order valence-corrected chi connectivity index (χ1v) is 9.59. The van der Waals surface area contributed by atoms with Gasteiger partial charge in [-0.05, 0) is 25.8 Å². The van der Waals surface area contributed by atoms with Crippen LogP contribution in [0.2, 0.25) is 0 Å². The molecule has 25 heavy (non-hydrogen) atoms. The second-order valence-electron chi connectivity index (χ2n) is 6.59. The van der Waals surface area contributed by atoms with Gasteiger partial charge in [0.2, 0.25) is 5.91 Å². The summed E-state index contributed by atoms with van der Waals surface area (Å²) >= 11 is 1.43. The lowest BCUT2D eigenvalue weighted by Crippen LogP contribution is -2.41. The van der Waals surface area contributed by atoms with Crippen LogP contribution in [0.1, 0.15) is 44.6 Å². The summed E-state index contributed by atoms with van der Waals surface area (Å²) in [6.07, 6.45) is 5.54. The molecule has 2 heterocycles. The van der Waals surface area contributed by atoms with E-state index in [0.29, 0.717) is 10.9 Å². The second kappa shape index (κ2) is 6.63. The van der Waals surface area contributed by atoms with Crippen molar-refractivity contribution in [2.24, 2.45) is 10.2 Å². The Morgan fingerprint density at radius 1 is 1.12 bits per heavy atom. The fourth-order valence-corrected chi connectivity index (χ4v) is 4.57. The predicted octanol–water partition coefficient (Wildman–Crippen LogP) is 3.00. The summed E-state index contributed by atoms with van der Waals surface area (Å²) in [4.78, 5) is 26.5. The van der Waals surface area contributed by atoms with Gasteiger partial charge in [-0.1, -0.05) is 49.2 Å². The molecule has 6 nitrogen and oxygen atoms in total. The van der Waals surface area contributed by atoms with Gasteiger partial charge < -0.3 is 5.32 Å². The van der Waals surface area contributed by atoms with Crippen molar-refractivity contribution in [2.75, 3.05) is 5.32 Å². The zero-order chi connectivity index (χ0) is 17.4. The molecule has 1 N–H and O–H groups in total. The lowest BCUT2D eigenvalue weighted by Gasteiger charge is -2.30. The van der Waals surface area contributed by atoms with Gasteiger partial charge in [-0.15, -0.1) is 10.2 Å². The molecule has 0 radical (unpaired) electrons. The van der Waals surface area contributed by atoms with Gasteiger partial charge in [0.15, 0.2) is 10.9 Å². The summed E-state index contributed by atoms with van der Waals surface area (Å²) in [6.45, 7) is 1.90. The summed E-state index contributed by atoms with van der Waals surface area (Å²) in [5.74, 6) is -0.149. The number of para-hydroxylation sites is 1. The first-order valence-electron chi connectivity index (χ1n) is 8.71. The van der Waals surface area contributed by atoms with Gasteiger partial charge in [-0.25, -0.2) is 0 Å². The molecule has 0 aromatic heterocycles. The smallest absolute Gasteiger partial charge is 0.276 e. The van der Waals surface area contributed by atoms with Gasteiger partial charge in [-0.3, -0.25) is 14.5 Å². The number of hydrogen-bond donors (Lipinski definition) is 1. The molecule has 1 saturated heterocycles. The van der Waals surface area contributed by atoms with E-state index < -0.39 is 0 Å². The number of carbonyl (C=O) groups is 2. The molecule has 130 valence electrons. The maximum atomic E-state index is 12.6. The maximum absolute atomic E-state index is 12.6. The first-order chi connectivity index (χ1) is 12.1. The van der Waals surface area contributed by atoms with Crippen molar-refractivity contribution < 1.29 is 9.59 Å². The highest BCUT2D eigenvalue weighted by atomic mass is 32.2. The normalized spacial score (nSPS) is 27.2. The third-order valence-electron chi connectivity index (χ3n) is 4.89. The number of fused-ring (bicyclic) bond motifs is 1. The first kappa shape index (κ1) is 16.3. The molecular formula is C18H20N4O2S. The molecule has 2 aliphatic heterocycles. The second-order valence-corrected chi connectivity index (χ2v) is 7.90. The van der Waals surface area contributed by atoms with Gasteiger partial charge in [-0.2, -0.15) is 0 Å². The van der Waals surface area contributed by atoms with Crippen LogP contribution in [-0.2, 0) is 9.59 Å². The Morgan fingerprint density at radius 3 is 2.68 bits per heavy atom. The third kappa shape index (κ3) is 2.97. The van der Waals surface area contributed by atoms with E-state index in [2.05, 4.69) is 15.5 Å². The van der Waals surface area contributed by atoms with E-state index in [4.69, 9.17) is 0 Å². The van der Waals surface area contributed by atoms with Crippen molar-refractivity contribution in [3.8, 4) is 0 Å². The average Bonchev–Trinajstić information content (AvgIpc) is 3.10. The number of nitrogens with one attached hydrogen (secondary N) is 1. The fourth-order valence-electron chi connectivity index (χ4n) is 3.60.